The van der Waals surface area contributed by atoms with Crippen LogP contribution in [0.5, 0.6) is 0 Å². The summed E-state index contributed by atoms with van der Waals surface area (Å²) in [6.45, 7) is 3.75. The highest BCUT2D eigenvalue weighted by molar-refractivity contribution is 5.94. The molecule has 0 saturated carbocycles. The third kappa shape index (κ3) is 3.03. The minimum atomic E-state index is -1.32. The van der Waals surface area contributed by atoms with Crippen molar-refractivity contribution in [2.45, 2.75) is 20.0 Å². The van der Waals surface area contributed by atoms with Crippen LogP contribution >= 0.6 is 0 Å². The smallest absolute Gasteiger partial charge is 0.257 e. The second-order valence-corrected chi connectivity index (χ2v) is 4.73. The number of aryl methyl sites for hydroxylation is 2. The van der Waals surface area contributed by atoms with Crippen molar-refractivity contribution in [3.8, 4) is 0 Å². The molecule has 0 spiro atoms. The molecule has 0 heterocycles. The molecule has 0 aliphatic heterocycles. The van der Waals surface area contributed by atoms with E-state index < -0.39 is 17.8 Å². The van der Waals surface area contributed by atoms with Gasteiger partial charge in [-0.05, 0) is 37.1 Å². The fourth-order valence-electron chi connectivity index (χ4n) is 2.04. The van der Waals surface area contributed by atoms with E-state index in [1.165, 1.54) is 18.2 Å². The molecule has 0 fully saturated rings. The lowest BCUT2D eigenvalue weighted by atomic mass is 10.0. The lowest BCUT2D eigenvalue weighted by Gasteiger charge is -2.14. The Labute approximate surface area is 117 Å². The number of para-hydroxylation sites is 1. The number of nitrogens with one attached hydrogen (secondary N) is 1. The van der Waals surface area contributed by atoms with Crippen LogP contribution in [0.15, 0.2) is 42.5 Å². The summed E-state index contributed by atoms with van der Waals surface area (Å²) >= 11 is 0. The van der Waals surface area contributed by atoms with Gasteiger partial charge in [0.2, 0.25) is 0 Å². The number of aliphatic hydroxyl groups is 1. The number of rotatable bonds is 3. The van der Waals surface area contributed by atoms with Crippen LogP contribution < -0.4 is 5.32 Å². The van der Waals surface area contributed by atoms with Gasteiger partial charge >= 0.3 is 0 Å². The highest BCUT2D eigenvalue weighted by atomic mass is 19.1. The molecule has 20 heavy (non-hydrogen) atoms. The molecule has 1 unspecified atom stereocenters. The number of hydrogen-bond donors (Lipinski definition) is 2. The molecular formula is C16H16FNO2. The maximum Gasteiger partial charge on any atom is 0.257 e. The second kappa shape index (κ2) is 5.84. The number of benzene rings is 2. The monoisotopic (exact) mass is 273 g/mol. The van der Waals surface area contributed by atoms with Gasteiger partial charge in [-0.1, -0.05) is 35.9 Å². The van der Waals surface area contributed by atoms with Crippen molar-refractivity contribution >= 4 is 11.6 Å². The third-order valence-corrected chi connectivity index (χ3v) is 3.10. The Kier molecular flexibility index (Phi) is 4.15. The second-order valence-electron chi connectivity index (χ2n) is 4.73. The molecule has 1 amide bonds. The summed E-state index contributed by atoms with van der Waals surface area (Å²) in [5.41, 5.74) is 2.44. The maximum absolute atomic E-state index is 13.5. The van der Waals surface area contributed by atoms with Crippen LogP contribution in [-0.4, -0.2) is 11.0 Å². The summed E-state index contributed by atoms with van der Waals surface area (Å²) in [6, 6.07) is 11.3. The predicted molar refractivity (Wildman–Crippen MR) is 75.9 cm³/mol. The first-order valence-electron chi connectivity index (χ1n) is 6.29. The molecule has 104 valence electrons. The average molecular weight is 273 g/mol. The first-order chi connectivity index (χ1) is 9.49. The highest BCUT2D eigenvalue weighted by Gasteiger charge is 2.20. The van der Waals surface area contributed by atoms with Crippen molar-refractivity contribution in [3.63, 3.8) is 0 Å². The van der Waals surface area contributed by atoms with Gasteiger partial charge in [-0.25, -0.2) is 4.39 Å². The Hall–Kier alpha value is -2.20. The molecule has 2 N–H and O–H groups in total. The van der Waals surface area contributed by atoms with E-state index in [0.717, 1.165) is 11.1 Å². The van der Waals surface area contributed by atoms with Gasteiger partial charge in [-0.2, -0.15) is 0 Å². The van der Waals surface area contributed by atoms with E-state index in [1.807, 2.05) is 26.0 Å². The number of amides is 1. The summed E-state index contributed by atoms with van der Waals surface area (Å²) in [5, 5.41) is 12.5. The molecule has 1 atom stereocenters. The Morgan fingerprint density at radius 1 is 1.20 bits per heavy atom. The summed E-state index contributed by atoms with van der Waals surface area (Å²) in [7, 11) is 0. The Morgan fingerprint density at radius 3 is 2.55 bits per heavy atom. The molecule has 4 heteroatoms. The van der Waals surface area contributed by atoms with Crippen molar-refractivity contribution in [1.29, 1.82) is 0 Å². The molecule has 2 aromatic rings. The van der Waals surface area contributed by atoms with Crippen molar-refractivity contribution < 1.29 is 14.3 Å². The molecule has 2 aromatic carbocycles. The van der Waals surface area contributed by atoms with Gasteiger partial charge in [0, 0.05) is 0 Å². The van der Waals surface area contributed by atoms with Crippen LogP contribution in [0.25, 0.3) is 0 Å². The first-order valence-corrected chi connectivity index (χ1v) is 6.29. The zero-order chi connectivity index (χ0) is 14.7. The fourth-order valence-corrected chi connectivity index (χ4v) is 2.04. The van der Waals surface area contributed by atoms with Crippen molar-refractivity contribution in [1.82, 2.24) is 0 Å². The van der Waals surface area contributed by atoms with Gasteiger partial charge < -0.3 is 10.4 Å². The van der Waals surface area contributed by atoms with E-state index in [0.29, 0.717) is 5.56 Å². The lowest BCUT2D eigenvalue weighted by Crippen LogP contribution is -2.22. The first kappa shape index (κ1) is 14.2. The van der Waals surface area contributed by atoms with Crippen LogP contribution in [0.4, 0.5) is 10.1 Å². The highest BCUT2D eigenvalue weighted by Crippen LogP contribution is 2.21. The standard InChI is InChI=1S/C16H16FNO2/c1-10-7-8-12(11(2)9-10)15(19)16(20)18-14-6-4-3-5-13(14)17/h3-9,15,19H,1-2H3,(H,18,20). The Balaban J connectivity index is 2.19. The molecule has 3 nitrogen and oxygen atoms in total. The summed E-state index contributed by atoms with van der Waals surface area (Å²) in [6.07, 6.45) is -1.32. The number of carbonyl (C=O) groups excluding carboxylic acids is 1. The number of hydrogen-bond acceptors (Lipinski definition) is 2. The molecule has 0 aliphatic rings. The Bertz CT molecular complexity index is 640. The van der Waals surface area contributed by atoms with Gasteiger partial charge in [-0.15, -0.1) is 0 Å². The lowest BCUT2D eigenvalue weighted by molar-refractivity contribution is -0.124. The zero-order valence-electron chi connectivity index (χ0n) is 11.4. The van der Waals surface area contributed by atoms with Crippen molar-refractivity contribution in [2.24, 2.45) is 0 Å². The Morgan fingerprint density at radius 2 is 1.90 bits per heavy atom. The van der Waals surface area contributed by atoms with Gasteiger partial charge in [0.05, 0.1) is 5.69 Å². The number of carbonyl (C=O) groups is 1. The van der Waals surface area contributed by atoms with E-state index in [2.05, 4.69) is 5.32 Å². The normalized spacial score (nSPS) is 12.0. The molecule has 0 aromatic heterocycles. The van der Waals surface area contributed by atoms with E-state index in [9.17, 15) is 14.3 Å². The van der Waals surface area contributed by atoms with Crippen LogP contribution in [-0.2, 0) is 4.79 Å². The zero-order valence-corrected chi connectivity index (χ0v) is 11.4. The topological polar surface area (TPSA) is 49.3 Å². The molecular weight excluding hydrogens is 257 g/mol. The van der Waals surface area contributed by atoms with Gasteiger partial charge in [0.15, 0.2) is 6.10 Å². The SMILES string of the molecule is Cc1ccc(C(O)C(=O)Nc2ccccc2F)c(C)c1. The molecule has 0 saturated heterocycles. The van der Waals surface area contributed by atoms with E-state index >= 15 is 0 Å². The van der Waals surface area contributed by atoms with Gasteiger partial charge in [0.25, 0.3) is 5.91 Å². The maximum atomic E-state index is 13.5. The molecule has 0 bridgehead atoms. The minimum absolute atomic E-state index is 0.0568. The van der Waals surface area contributed by atoms with E-state index in [1.54, 1.807) is 12.1 Å². The van der Waals surface area contributed by atoms with E-state index in [-0.39, 0.29) is 5.69 Å². The van der Waals surface area contributed by atoms with Gasteiger partial charge in [0.1, 0.15) is 5.82 Å². The van der Waals surface area contributed by atoms with Crippen LogP contribution in [0.1, 0.15) is 22.8 Å². The summed E-state index contributed by atoms with van der Waals surface area (Å²) in [4.78, 5) is 12.0. The van der Waals surface area contributed by atoms with Crippen molar-refractivity contribution in [3.05, 3.63) is 65.0 Å². The number of anilines is 1. The van der Waals surface area contributed by atoms with Gasteiger partial charge in [-0.3, -0.25) is 4.79 Å². The predicted octanol–water partition coefficient (Wildman–Crippen LogP) is 3.11. The quantitative estimate of drug-likeness (QED) is 0.902. The summed E-state index contributed by atoms with van der Waals surface area (Å²) < 4.78 is 13.5. The van der Waals surface area contributed by atoms with Crippen molar-refractivity contribution in [2.75, 3.05) is 5.32 Å². The van der Waals surface area contributed by atoms with Crippen LogP contribution in [0.3, 0.4) is 0 Å². The molecule has 2 rings (SSSR count). The third-order valence-electron chi connectivity index (χ3n) is 3.10. The van der Waals surface area contributed by atoms with Crippen LogP contribution in [0.2, 0.25) is 0 Å². The summed E-state index contributed by atoms with van der Waals surface area (Å²) in [5.74, 6) is -1.18. The minimum Gasteiger partial charge on any atom is -0.378 e. The largest absolute Gasteiger partial charge is 0.378 e. The van der Waals surface area contributed by atoms with Crippen LogP contribution in [0, 0.1) is 19.7 Å². The fraction of sp³-hybridized carbons (Fsp3) is 0.188. The molecule has 0 aliphatic carbocycles. The van der Waals surface area contributed by atoms with E-state index in [4.69, 9.17) is 0 Å². The average Bonchev–Trinajstić information content (AvgIpc) is 2.40. The number of halogens is 1. The number of aliphatic hydroxyl groups excluding tert-OH is 1. The molecule has 0 radical (unpaired) electrons.